The molecule has 3 aromatic rings. The number of nitrogens with zero attached hydrogens (tertiary/aromatic N) is 5. The molecule has 3 amide bonds. The van der Waals surface area contributed by atoms with Gasteiger partial charge in [0.15, 0.2) is 5.82 Å². The Balaban J connectivity index is 1.40. The molecule has 0 saturated carbocycles. The predicted octanol–water partition coefficient (Wildman–Crippen LogP) is 6.20. The van der Waals surface area contributed by atoms with Crippen LogP contribution in [0.25, 0.3) is 17.1 Å². The van der Waals surface area contributed by atoms with Gasteiger partial charge in [-0.3, -0.25) is 10.1 Å². The molecule has 0 saturated heterocycles. The van der Waals surface area contributed by atoms with E-state index >= 15 is 0 Å². The summed E-state index contributed by atoms with van der Waals surface area (Å²) >= 11 is 0. The fourth-order valence-corrected chi connectivity index (χ4v) is 4.26. The molecule has 0 aliphatic carbocycles. The number of halogens is 3. The van der Waals surface area contributed by atoms with Crippen LogP contribution in [-0.4, -0.2) is 45.6 Å². The predicted molar refractivity (Wildman–Crippen MR) is 158 cm³/mol. The minimum absolute atomic E-state index is 0.0652. The molecule has 2 heterocycles. The van der Waals surface area contributed by atoms with E-state index in [1.807, 2.05) is 25.1 Å². The van der Waals surface area contributed by atoms with Gasteiger partial charge < -0.3 is 10.1 Å². The number of hydrogen-bond acceptors (Lipinski definition) is 6. The Morgan fingerprint density at radius 1 is 1.14 bits per heavy atom. The highest BCUT2D eigenvalue weighted by molar-refractivity contribution is 6.24. The molecule has 2 aromatic carbocycles. The molecule has 4 rings (SSSR count). The van der Waals surface area contributed by atoms with Crippen molar-refractivity contribution in [3.8, 4) is 11.4 Å². The van der Waals surface area contributed by atoms with E-state index in [4.69, 9.17) is 0 Å². The van der Waals surface area contributed by atoms with E-state index in [2.05, 4.69) is 43.9 Å². The second-order valence-corrected chi connectivity index (χ2v) is 9.48. The molecule has 0 radical (unpaired) electrons. The van der Waals surface area contributed by atoms with Crippen molar-refractivity contribution < 1.29 is 27.5 Å². The number of hydrogen-bond donors (Lipinski definition) is 2. The van der Waals surface area contributed by atoms with Crippen LogP contribution in [0.5, 0.6) is 0 Å². The SMILES string of the molecule is C=C(/C=C\C(=C/C)n1cnc(-c2ccc(NC(=O)NC3=NCC(=O)N3c3cc(C)ccc3CCC)cc2)n1)OC(F)(F)F. The number of anilines is 2. The van der Waals surface area contributed by atoms with Gasteiger partial charge in [0, 0.05) is 11.3 Å². The molecule has 13 heteroatoms. The Morgan fingerprint density at radius 3 is 2.56 bits per heavy atom. The number of carbonyl (C=O) groups excluding carboxylic acids is 2. The standard InChI is InChI=1S/C30H30F3N7O3/c1-5-7-21-10-8-19(3)16-25(21)40-26(41)17-34-28(40)37-29(42)36-23-13-11-22(12-14-23)27-35-18-39(38-27)24(6-2)15-9-20(4)43-30(31,32)33/h6,8-16,18H,4-5,7,17H2,1-3H3,(H2,34,36,37,42)/b15-9-,24-6+. The van der Waals surface area contributed by atoms with Crippen LogP contribution in [0.15, 0.2) is 84.4 Å². The third-order valence-corrected chi connectivity index (χ3v) is 6.19. The molecular weight excluding hydrogens is 563 g/mol. The maximum atomic E-state index is 12.8. The van der Waals surface area contributed by atoms with E-state index in [0.717, 1.165) is 30.0 Å². The van der Waals surface area contributed by atoms with Crippen LogP contribution >= 0.6 is 0 Å². The number of rotatable bonds is 9. The minimum atomic E-state index is -4.83. The van der Waals surface area contributed by atoms with Gasteiger partial charge in [0.05, 0.1) is 11.4 Å². The first-order valence-electron chi connectivity index (χ1n) is 13.3. The van der Waals surface area contributed by atoms with Gasteiger partial charge in [-0.2, -0.15) is 0 Å². The number of alkyl halides is 3. The summed E-state index contributed by atoms with van der Waals surface area (Å²) in [4.78, 5) is 35.5. The molecule has 1 aliphatic rings. The van der Waals surface area contributed by atoms with Crippen molar-refractivity contribution in [2.24, 2.45) is 4.99 Å². The zero-order valence-electron chi connectivity index (χ0n) is 23.8. The lowest BCUT2D eigenvalue weighted by atomic mass is 10.0. The van der Waals surface area contributed by atoms with E-state index in [1.54, 1.807) is 37.3 Å². The summed E-state index contributed by atoms with van der Waals surface area (Å²) < 4.78 is 42.2. The average Bonchev–Trinajstić information content (AvgIpc) is 3.57. The first kappa shape index (κ1) is 30.8. The lowest BCUT2D eigenvalue weighted by Gasteiger charge is -2.22. The molecule has 1 aliphatic heterocycles. The van der Waals surface area contributed by atoms with Crippen LogP contribution in [-0.2, 0) is 16.0 Å². The highest BCUT2D eigenvalue weighted by Crippen LogP contribution is 2.26. The first-order valence-corrected chi connectivity index (χ1v) is 13.3. The van der Waals surface area contributed by atoms with E-state index in [-0.39, 0.29) is 18.4 Å². The van der Waals surface area contributed by atoms with E-state index in [1.165, 1.54) is 22.0 Å². The quantitative estimate of drug-likeness (QED) is 0.227. The van der Waals surface area contributed by atoms with Crippen LogP contribution in [0.3, 0.4) is 0 Å². The van der Waals surface area contributed by atoms with Gasteiger partial charge in [-0.05, 0) is 73.9 Å². The van der Waals surface area contributed by atoms with Crippen molar-refractivity contribution in [2.45, 2.75) is 40.0 Å². The van der Waals surface area contributed by atoms with Gasteiger partial charge >= 0.3 is 12.4 Å². The largest absolute Gasteiger partial charge is 0.573 e. The monoisotopic (exact) mass is 593 g/mol. The number of guanidine groups is 1. The second kappa shape index (κ2) is 13.2. The molecule has 0 bridgehead atoms. The van der Waals surface area contributed by atoms with Gasteiger partial charge in [0.2, 0.25) is 5.96 Å². The third kappa shape index (κ3) is 7.97. The van der Waals surface area contributed by atoms with Gasteiger partial charge in [-0.1, -0.05) is 38.1 Å². The van der Waals surface area contributed by atoms with Gasteiger partial charge in [-0.15, -0.1) is 18.3 Å². The number of amides is 3. The Bertz CT molecular complexity index is 1610. The Kier molecular flexibility index (Phi) is 9.43. The van der Waals surface area contributed by atoms with Crippen molar-refractivity contribution >= 4 is 35.0 Å². The molecule has 2 N–H and O–H groups in total. The zero-order chi connectivity index (χ0) is 31.1. The second-order valence-electron chi connectivity index (χ2n) is 9.48. The number of ether oxygens (including phenoxy) is 1. The van der Waals surface area contributed by atoms with E-state index in [0.29, 0.717) is 28.5 Å². The number of nitrogens with one attached hydrogen (secondary N) is 2. The summed E-state index contributed by atoms with van der Waals surface area (Å²) in [5, 5.41) is 9.79. The number of aryl methyl sites for hydroxylation is 2. The fourth-order valence-electron chi connectivity index (χ4n) is 4.26. The lowest BCUT2D eigenvalue weighted by molar-refractivity contribution is -0.303. The number of benzene rings is 2. The maximum Gasteiger partial charge on any atom is 0.573 e. The van der Waals surface area contributed by atoms with E-state index < -0.39 is 18.2 Å². The molecule has 10 nitrogen and oxygen atoms in total. The Labute approximate surface area is 246 Å². The van der Waals surface area contributed by atoms with Crippen molar-refractivity contribution in [3.63, 3.8) is 0 Å². The maximum absolute atomic E-state index is 12.8. The number of carbonyl (C=O) groups is 2. The highest BCUT2D eigenvalue weighted by Gasteiger charge is 2.31. The van der Waals surface area contributed by atoms with Crippen molar-refractivity contribution in [3.05, 3.63) is 90.5 Å². The van der Waals surface area contributed by atoms with Crippen LogP contribution < -0.4 is 15.5 Å². The van der Waals surface area contributed by atoms with Gasteiger partial charge in [0.25, 0.3) is 5.91 Å². The third-order valence-electron chi connectivity index (χ3n) is 6.19. The van der Waals surface area contributed by atoms with Crippen LogP contribution in [0, 0.1) is 6.92 Å². The molecule has 0 spiro atoms. The minimum Gasteiger partial charge on any atom is -0.406 e. The molecule has 0 atom stereocenters. The van der Waals surface area contributed by atoms with Crippen LogP contribution in [0.1, 0.15) is 31.4 Å². The Hall–Kier alpha value is -5.20. The number of urea groups is 1. The number of aromatic nitrogens is 3. The molecule has 0 unspecified atom stereocenters. The molecule has 224 valence electrons. The lowest BCUT2D eigenvalue weighted by Crippen LogP contribution is -2.45. The van der Waals surface area contributed by atoms with Crippen molar-refractivity contribution in [1.29, 1.82) is 0 Å². The van der Waals surface area contributed by atoms with Crippen molar-refractivity contribution in [1.82, 2.24) is 20.1 Å². The van der Waals surface area contributed by atoms with Crippen LogP contribution in [0.2, 0.25) is 0 Å². The Morgan fingerprint density at radius 2 is 1.88 bits per heavy atom. The zero-order valence-corrected chi connectivity index (χ0v) is 23.8. The normalized spacial score (nSPS) is 13.8. The van der Waals surface area contributed by atoms with Gasteiger partial charge in [0.1, 0.15) is 18.6 Å². The number of aliphatic imine (C=N–C) groups is 1. The smallest absolute Gasteiger partial charge is 0.406 e. The molecule has 0 fully saturated rings. The van der Waals surface area contributed by atoms with Crippen molar-refractivity contribution in [2.75, 3.05) is 16.8 Å². The summed E-state index contributed by atoms with van der Waals surface area (Å²) in [6.45, 7) is 8.84. The summed E-state index contributed by atoms with van der Waals surface area (Å²) in [5.74, 6) is -0.301. The average molecular weight is 594 g/mol. The fraction of sp³-hybridized carbons (Fsp3) is 0.233. The molecular formula is C30H30F3N7O3. The molecule has 1 aromatic heterocycles. The van der Waals surface area contributed by atoms with E-state index in [9.17, 15) is 22.8 Å². The molecule has 43 heavy (non-hydrogen) atoms. The van der Waals surface area contributed by atoms with Gasteiger partial charge in [-0.25, -0.2) is 24.4 Å². The number of allylic oxidation sites excluding steroid dienone is 4. The summed E-state index contributed by atoms with van der Waals surface area (Å²) in [6.07, 6.45) is 2.33. The highest BCUT2D eigenvalue weighted by atomic mass is 19.4. The summed E-state index contributed by atoms with van der Waals surface area (Å²) in [6, 6.07) is 12.0. The van der Waals surface area contributed by atoms with Crippen LogP contribution in [0.4, 0.5) is 29.3 Å². The summed E-state index contributed by atoms with van der Waals surface area (Å²) in [5.41, 5.74) is 4.22. The first-order chi connectivity index (χ1) is 20.5. The summed E-state index contributed by atoms with van der Waals surface area (Å²) in [7, 11) is 0. The topological polar surface area (TPSA) is 114 Å².